The Labute approximate surface area is 120 Å². The lowest BCUT2D eigenvalue weighted by molar-refractivity contribution is 0.235. The highest BCUT2D eigenvalue weighted by atomic mass is 32.2. The van der Waals surface area contributed by atoms with Crippen molar-refractivity contribution in [1.82, 2.24) is 0 Å². The summed E-state index contributed by atoms with van der Waals surface area (Å²) in [7, 11) is -3.54. The number of sulfone groups is 1. The Balaban J connectivity index is 3.08. The fourth-order valence-electron chi connectivity index (χ4n) is 1.36. The zero-order valence-corrected chi connectivity index (χ0v) is 13.2. The lowest BCUT2D eigenvalue weighted by atomic mass is 10.2. The fourth-order valence-corrected chi connectivity index (χ4v) is 3.41. The first-order chi connectivity index (χ1) is 9.02. The maximum absolute atomic E-state index is 12.4. The van der Waals surface area contributed by atoms with Gasteiger partial charge in [-0.1, -0.05) is 31.5 Å². The van der Waals surface area contributed by atoms with E-state index in [-0.39, 0.29) is 9.99 Å². The summed E-state index contributed by atoms with van der Waals surface area (Å²) in [6, 6.07) is 6.81. The summed E-state index contributed by atoms with van der Waals surface area (Å²) < 4.78 is 30.3. The summed E-state index contributed by atoms with van der Waals surface area (Å²) in [5.41, 5.74) is 1.03. The highest BCUT2D eigenvalue weighted by Gasteiger charge is 2.22. The summed E-state index contributed by atoms with van der Waals surface area (Å²) >= 11 is 1.43. The van der Waals surface area contributed by atoms with Gasteiger partial charge in [0.1, 0.15) is 0 Å². The van der Waals surface area contributed by atoms with Crippen LogP contribution < -0.4 is 0 Å². The highest BCUT2D eigenvalue weighted by Crippen LogP contribution is 2.23. The van der Waals surface area contributed by atoms with Gasteiger partial charge in [-0.2, -0.15) is 0 Å². The van der Waals surface area contributed by atoms with Crippen molar-refractivity contribution < 1.29 is 13.2 Å². The molecule has 0 saturated heterocycles. The average Bonchev–Trinajstić information content (AvgIpc) is 2.39. The normalized spacial score (nSPS) is 12.5. The Hall–Kier alpha value is -0.940. The molecule has 106 valence electrons. The number of aryl methyl sites for hydroxylation is 1. The number of hydrogen-bond donors (Lipinski definition) is 0. The van der Waals surface area contributed by atoms with Gasteiger partial charge in [0.05, 0.1) is 11.5 Å². The lowest BCUT2D eigenvalue weighted by Gasteiger charge is -2.10. The van der Waals surface area contributed by atoms with E-state index in [1.165, 1.54) is 11.8 Å². The van der Waals surface area contributed by atoms with Crippen LogP contribution >= 0.6 is 11.8 Å². The first-order valence-corrected chi connectivity index (χ1v) is 8.81. The quantitative estimate of drug-likeness (QED) is 0.719. The Morgan fingerprint density at radius 3 is 2.42 bits per heavy atom. The van der Waals surface area contributed by atoms with Crippen LogP contribution in [-0.4, -0.2) is 20.8 Å². The number of benzene rings is 1. The molecular formula is C14H20O3S2. The molecule has 0 aliphatic rings. The van der Waals surface area contributed by atoms with E-state index in [0.717, 1.165) is 17.7 Å². The molecule has 0 atom stereocenters. The van der Waals surface area contributed by atoms with E-state index in [1.807, 2.05) is 20.8 Å². The van der Waals surface area contributed by atoms with Crippen LogP contribution in [0.25, 0.3) is 0 Å². The van der Waals surface area contributed by atoms with Gasteiger partial charge in [0.2, 0.25) is 14.9 Å². The predicted octanol–water partition coefficient (Wildman–Crippen LogP) is 3.75. The van der Waals surface area contributed by atoms with Crippen LogP contribution in [0.15, 0.2) is 39.7 Å². The van der Waals surface area contributed by atoms with E-state index < -0.39 is 9.84 Å². The first kappa shape index (κ1) is 16.1. The molecule has 0 unspecified atom stereocenters. The third-order valence-corrected chi connectivity index (χ3v) is 4.91. The van der Waals surface area contributed by atoms with E-state index in [2.05, 4.69) is 0 Å². The molecule has 0 radical (unpaired) electrons. The summed E-state index contributed by atoms with van der Waals surface area (Å²) in [4.78, 5) is 0.275. The van der Waals surface area contributed by atoms with Gasteiger partial charge in [-0.3, -0.25) is 0 Å². The number of rotatable bonds is 7. The molecule has 0 aliphatic heterocycles. The minimum Gasteiger partial charge on any atom is -0.482 e. The van der Waals surface area contributed by atoms with E-state index in [0.29, 0.717) is 6.61 Å². The molecule has 0 heterocycles. The van der Waals surface area contributed by atoms with E-state index in [1.54, 1.807) is 29.7 Å². The van der Waals surface area contributed by atoms with Crippen molar-refractivity contribution in [2.24, 2.45) is 0 Å². The molecule has 3 nitrogen and oxygen atoms in total. The molecule has 1 aromatic carbocycles. The van der Waals surface area contributed by atoms with Crippen LogP contribution in [0.4, 0.5) is 0 Å². The third-order valence-electron chi connectivity index (χ3n) is 2.39. The van der Waals surface area contributed by atoms with Crippen LogP contribution in [-0.2, 0) is 14.6 Å². The smallest absolute Gasteiger partial charge is 0.239 e. The standard InChI is InChI=1S/C14H20O3S2/c1-4-10-17-14(11-18-5-2)19(15,16)13-8-6-12(3)7-9-13/h6-9,11H,4-5,10H2,1-3H3/b14-11+. The van der Waals surface area contributed by atoms with Crippen molar-refractivity contribution in [3.05, 3.63) is 40.3 Å². The maximum Gasteiger partial charge on any atom is 0.239 e. The third kappa shape index (κ3) is 4.58. The molecule has 0 N–H and O–H groups in total. The molecule has 0 amide bonds. The van der Waals surface area contributed by atoms with Crippen molar-refractivity contribution >= 4 is 21.6 Å². The molecule has 0 bridgehead atoms. The SMILES string of the molecule is CCCO/C(=C\SCC)S(=O)(=O)c1ccc(C)cc1. The number of hydrogen-bond acceptors (Lipinski definition) is 4. The second-order valence-electron chi connectivity index (χ2n) is 4.06. The van der Waals surface area contributed by atoms with Crippen molar-refractivity contribution in [1.29, 1.82) is 0 Å². The fraction of sp³-hybridized carbons (Fsp3) is 0.429. The van der Waals surface area contributed by atoms with E-state index >= 15 is 0 Å². The van der Waals surface area contributed by atoms with Crippen LogP contribution in [0.2, 0.25) is 0 Å². The molecule has 0 fully saturated rings. The largest absolute Gasteiger partial charge is 0.482 e. The molecular weight excluding hydrogens is 280 g/mol. The minimum atomic E-state index is -3.54. The lowest BCUT2D eigenvalue weighted by Crippen LogP contribution is -2.08. The maximum atomic E-state index is 12.4. The van der Waals surface area contributed by atoms with Gasteiger partial charge < -0.3 is 4.74 Å². The van der Waals surface area contributed by atoms with Gasteiger partial charge in [0.15, 0.2) is 0 Å². The molecule has 1 rings (SSSR count). The van der Waals surface area contributed by atoms with Crippen LogP contribution in [0.5, 0.6) is 0 Å². The first-order valence-electron chi connectivity index (χ1n) is 6.28. The van der Waals surface area contributed by atoms with Gasteiger partial charge in [-0.15, -0.1) is 11.8 Å². The monoisotopic (exact) mass is 300 g/mol. The Morgan fingerprint density at radius 2 is 1.89 bits per heavy atom. The van der Waals surface area contributed by atoms with Crippen molar-refractivity contribution in [3.63, 3.8) is 0 Å². The van der Waals surface area contributed by atoms with Crippen molar-refractivity contribution in [2.45, 2.75) is 32.1 Å². The van der Waals surface area contributed by atoms with Crippen LogP contribution in [0.3, 0.4) is 0 Å². The minimum absolute atomic E-state index is 0.0463. The zero-order valence-electron chi connectivity index (χ0n) is 11.5. The summed E-state index contributed by atoms with van der Waals surface area (Å²) in [6.07, 6.45) is 0.775. The molecule has 5 heteroatoms. The Kier molecular flexibility index (Phi) is 6.45. The number of ether oxygens (including phenoxy) is 1. The molecule has 0 spiro atoms. The van der Waals surface area contributed by atoms with Crippen molar-refractivity contribution in [3.8, 4) is 0 Å². The average molecular weight is 300 g/mol. The van der Waals surface area contributed by atoms with Gasteiger partial charge in [-0.25, -0.2) is 8.42 Å². The Morgan fingerprint density at radius 1 is 1.26 bits per heavy atom. The number of thioether (sulfide) groups is 1. The topological polar surface area (TPSA) is 43.4 Å². The van der Waals surface area contributed by atoms with Gasteiger partial charge >= 0.3 is 0 Å². The molecule has 0 aromatic heterocycles. The zero-order chi connectivity index (χ0) is 14.3. The van der Waals surface area contributed by atoms with Gasteiger partial charge in [0, 0.05) is 5.41 Å². The molecule has 1 aromatic rings. The molecule has 0 saturated carbocycles. The predicted molar refractivity (Wildman–Crippen MR) is 80.8 cm³/mol. The van der Waals surface area contributed by atoms with Crippen LogP contribution in [0, 0.1) is 6.92 Å². The second kappa shape index (κ2) is 7.60. The van der Waals surface area contributed by atoms with Gasteiger partial charge in [0.25, 0.3) is 0 Å². The van der Waals surface area contributed by atoms with Gasteiger partial charge in [-0.05, 0) is 31.2 Å². The second-order valence-corrected chi connectivity index (χ2v) is 7.08. The summed E-state index contributed by atoms with van der Waals surface area (Å²) in [5.74, 6) is 0.808. The highest BCUT2D eigenvalue weighted by molar-refractivity contribution is 8.03. The summed E-state index contributed by atoms with van der Waals surface area (Å²) in [5, 5.41) is 1.63. The van der Waals surface area contributed by atoms with Crippen LogP contribution in [0.1, 0.15) is 25.8 Å². The van der Waals surface area contributed by atoms with E-state index in [9.17, 15) is 8.42 Å². The Bertz CT molecular complexity index is 516. The molecule has 19 heavy (non-hydrogen) atoms. The van der Waals surface area contributed by atoms with Crippen molar-refractivity contribution in [2.75, 3.05) is 12.4 Å². The summed E-state index contributed by atoms with van der Waals surface area (Å²) in [6.45, 7) is 6.25. The molecule has 0 aliphatic carbocycles. The van der Waals surface area contributed by atoms with E-state index in [4.69, 9.17) is 4.74 Å².